The molecule has 0 spiro atoms. The average molecular weight is 331 g/mol. The molecule has 6 heteroatoms. The van der Waals surface area contributed by atoms with Gasteiger partial charge in [0, 0.05) is 29.2 Å². The first-order chi connectivity index (χ1) is 10.7. The highest BCUT2D eigenvalue weighted by Crippen LogP contribution is 2.26. The van der Waals surface area contributed by atoms with Crippen molar-refractivity contribution in [2.45, 2.75) is 31.2 Å². The summed E-state index contributed by atoms with van der Waals surface area (Å²) in [5, 5.41) is 9.99. The predicted molar refractivity (Wildman–Crippen MR) is 91.9 cm³/mol. The molecular weight excluding hydrogens is 314 g/mol. The van der Waals surface area contributed by atoms with E-state index in [1.54, 1.807) is 0 Å². The summed E-state index contributed by atoms with van der Waals surface area (Å²) in [6.45, 7) is 4.99. The maximum atomic E-state index is 12.6. The molecule has 3 aromatic rings. The Kier molecular flexibility index (Phi) is 4.59. The van der Waals surface area contributed by atoms with Crippen LogP contribution in [0.5, 0.6) is 0 Å². The number of hydrogen-bond donors (Lipinski definition) is 0. The molecule has 0 aliphatic rings. The summed E-state index contributed by atoms with van der Waals surface area (Å²) in [7, 11) is 0. The van der Waals surface area contributed by atoms with Gasteiger partial charge in [-0.1, -0.05) is 48.2 Å². The third-order valence-electron chi connectivity index (χ3n) is 3.39. The average Bonchev–Trinajstić information content (AvgIpc) is 3.10. The number of para-hydroxylation sites is 1. The van der Waals surface area contributed by atoms with Gasteiger partial charge >= 0.3 is 0 Å². The lowest BCUT2D eigenvalue weighted by molar-refractivity contribution is 0.102. The van der Waals surface area contributed by atoms with E-state index in [9.17, 15) is 4.79 Å². The standard InChI is InChI=1S/C16H17N3OS2/c1-3-8-19-9-13(12-6-4-5-7-14(12)19)15(20)10-21-16-18-17-11(2)22-16/h4-7,9H,3,8,10H2,1-2H3. The summed E-state index contributed by atoms with van der Waals surface area (Å²) in [6.07, 6.45) is 3.04. The Balaban J connectivity index is 1.84. The smallest absolute Gasteiger partial charge is 0.175 e. The number of hydrogen-bond acceptors (Lipinski definition) is 5. The van der Waals surface area contributed by atoms with Gasteiger partial charge in [0.05, 0.1) is 5.75 Å². The second-order valence-corrected chi connectivity index (χ2v) is 7.46. The minimum Gasteiger partial charge on any atom is -0.347 e. The van der Waals surface area contributed by atoms with Crippen LogP contribution in [0.1, 0.15) is 28.7 Å². The molecule has 0 amide bonds. The van der Waals surface area contributed by atoms with Gasteiger partial charge in [0.25, 0.3) is 0 Å². The fraction of sp³-hybridized carbons (Fsp3) is 0.312. The number of fused-ring (bicyclic) bond motifs is 1. The fourth-order valence-electron chi connectivity index (χ4n) is 2.44. The SMILES string of the molecule is CCCn1cc(C(=O)CSc2nnc(C)s2)c2ccccc21. The number of ketones is 1. The maximum Gasteiger partial charge on any atom is 0.175 e. The van der Waals surface area contributed by atoms with Crippen LogP contribution in [0.25, 0.3) is 10.9 Å². The van der Waals surface area contributed by atoms with Crippen LogP contribution in [-0.2, 0) is 6.54 Å². The zero-order chi connectivity index (χ0) is 15.5. The van der Waals surface area contributed by atoms with Gasteiger partial charge in [-0.3, -0.25) is 4.79 Å². The Hall–Kier alpha value is -1.66. The zero-order valence-corrected chi connectivity index (χ0v) is 14.2. The Morgan fingerprint density at radius 2 is 2.14 bits per heavy atom. The molecule has 114 valence electrons. The van der Waals surface area contributed by atoms with Crippen molar-refractivity contribution in [1.82, 2.24) is 14.8 Å². The minimum atomic E-state index is 0.143. The largest absolute Gasteiger partial charge is 0.347 e. The van der Waals surface area contributed by atoms with E-state index in [0.29, 0.717) is 5.75 Å². The van der Waals surface area contributed by atoms with E-state index in [1.807, 2.05) is 31.3 Å². The van der Waals surface area contributed by atoms with E-state index in [-0.39, 0.29) is 5.78 Å². The molecule has 0 saturated heterocycles. The third-order valence-corrected chi connectivity index (χ3v) is 5.36. The van der Waals surface area contributed by atoms with Crippen LogP contribution in [0.2, 0.25) is 0 Å². The fourth-order valence-corrected chi connectivity index (χ4v) is 4.14. The van der Waals surface area contributed by atoms with E-state index in [4.69, 9.17) is 0 Å². The quantitative estimate of drug-likeness (QED) is 0.502. The molecule has 1 aromatic carbocycles. The van der Waals surface area contributed by atoms with Crippen molar-refractivity contribution in [1.29, 1.82) is 0 Å². The van der Waals surface area contributed by atoms with E-state index in [0.717, 1.165) is 38.8 Å². The van der Waals surface area contributed by atoms with Gasteiger partial charge in [-0.05, 0) is 19.4 Å². The van der Waals surface area contributed by atoms with Crippen LogP contribution in [0, 0.1) is 6.92 Å². The molecule has 3 rings (SSSR count). The lowest BCUT2D eigenvalue weighted by Gasteiger charge is -2.00. The molecular formula is C16H17N3OS2. The molecule has 0 atom stereocenters. The summed E-state index contributed by atoms with van der Waals surface area (Å²) < 4.78 is 3.02. The Morgan fingerprint density at radius 3 is 2.86 bits per heavy atom. The van der Waals surface area contributed by atoms with Crippen LogP contribution < -0.4 is 0 Å². The van der Waals surface area contributed by atoms with Gasteiger partial charge in [-0.15, -0.1) is 10.2 Å². The normalized spacial score (nSPS) is 11.2. The second kappa shape index (κ2) is 6.62. The van der Waals surface area contributed by atoms with Crippen molar-refractivity contribution in [3.05, 3.63) is 41.0 Å². The van der Waals surface area contributed by atoms with E-state index >= 15 is 0 Å². The first-order valence-corrected chi connectivity index (χ1v) is 9.03. The van der Waals surface area contributed by atoms with Crippen LogP contribution >= 0.6 is 23.1 Å². The molecule has 0 saturated carbocycles. The van der Waals surface area contributed by atoms with Crippen molar-refractivity contribution >= 4 is 39.8 Å². The summed E-state index contributed by atoms with van der Waals surface area (Å²) in [6, 6.07) is 8.09. The first kappa shape index (κ1) is 15.2. The van der Waals surface area contributed by atoms with Crippen LogP contribution in [-0.4, -0.2) is 26.3 Å². The number of aromatic nitrogens is 3. The van der Waals surface area contributed by atoms with Crippen molar-refractivity contribution < 1.29 is 4.79 Å². The number of rotatable bonds is 6. The molecule has 4 nitrogen and oxygen atoms in total. The summed E-state index contributed by atoms with van der Waals surface area (Å²) in [4.78, 5) is 12.6. The highest BCUT2D eigenvalue weighted by Gasteiger charge is 2.15. The Labute approximate surface area is 137 Å². The van der Waals surface area contributed by atoms with Crippen molar-refractivity contribution in [3.63, 3.8) is 0 Å². The zero-order valence-electron chi connectivity index (χ0n) is 12.6. The third kappa shape index (κ3) is 3.08. The molecule has 22 heavy (non-hydrogen) atoms. The van der Waals surface area contributed by atoms with Crippen LogP contribution in [0.4, 0.5) is 0 Å². The van der Waals surface area contributed by atoms with Crippen LogP contribution in [0.15, 0.2) is 34.8 Å². The highest BCUT2D eigenvalue weighted by atomic mass is 32.2. The lowest BCUT2D eigenvalue weighted by atomic mass is 10.1. The predicted octanol–water partition coefficient (Wildman–Crippen LogP) is 4.19. The minimum absolute atomic E-state index is 0.143. The molecule has 0 aliphatic carbocycles. The number of carbonyl (C=O) groups is 1. The molecule has 2 heterocycles. The van der Waals surface area contributed by atoms with Gasteiger partial charge in [0.2, 0.25) is 0 Å². The van der Waals surface area contributed by atoms with Gasteiger partial charge in [-0.2, -0.15) is 0 Å². The maximum absolute atomic E-state index is 12.6. The molecule has 2 aromatic heterocycles. The summed E-state index contributed by atoms with van der Waals surface area (Å²) in [5.74, 6) is 0.540. The second-order valence-electron chi connectivity index (χ2n) is 5.05. The first-order valence-electron chi connectivity index (χ1n) is 7.23. The molecule has 0 aliphatic heterocycles. The number of carbonyl (C=O) groups excluding carboxylic acids is 1. The number of Topliss-reactive ketones (excluding diaryl/α,β-unsaturated/α-hetero) is 1. The van der Waals surface area contributed by atoms with E-state index in [2.05, 4.69) is 27.8 Å². The number of benzene rings is 1. The molecule has 0 unspecified atom stereocenters. The number of nitrogens with zero attached hydrogens (tertiary/aromatic N) is 3. The lowest BCUT2D eigenvalue weighted by Crippen LogP contribution is -2.01. The molecule has 0 radical (unpaired) electrons. The number of thioether (sulfide) groups is 1. The van der Waals surface area contributed by atoms with Gasteiger partial charge in [-0.25, -0.2) is 0 Å². The summed E-state index contributed by atoms with van der Waals surface area (Å²) >= 11 is 2.99. The molecule has 0 N–H and O–H groups in total. The number of aryl methyl sites for hydroxylation is 2. The van der Waals surface area contributed by atoms with Crippen LogP contribution in [0.3, 0.4) is 0 Å². The molecule has 0 bridgehead atoms. The van der Waals surface area contributed by atoms with E-state index < -0.39 is 0 Å². The Morgan fingerprint density at radius 1 is 1.32 bits per heavy atom. The van der Waals surface area contributed by atoms with Gasteiger partial charge < -0.3 is 4.57 Å². The van der Waals surface area contributed by atoms with Gasteiger partial charge in [0.15, 0.2) is 10.1 Å². The molecule has 0 fully saturated rings. The van der Waals surface area contributed by atoms with Gasteiger partial charge in [0.1, 0.15) is 5.01 Å². The van der Waals surface area contributed by atoms with Crippen molar-refractivity contribution in [3.8, 4) is 0 Å². The summed E-state index contributed by atoms with van der Waals surface area (Å²) in [5.41, 5.74) is 1.93. The highest BCUT2D eigenvalue weighted by molar-refractivity contribution is 8.01. The van der Waals surface area contributed by atoms with E-state index in [1.165, 1.54) is 23.1 Å². The van der Waals surface area contributed by atoms with Crippen molar-refractivity contribution in [2.24, 2.45) is 0 Å². The van der Waals surface area contributed by atoms with Crippen molar-refractivity contribution in [2.75, 3.05) is 5.75 Å². The monoisotopic (exact) mass is 331 g/mol. The topological polar surface area (TPSA) is 47.8 Å². The Bertz CT molecular complexity index is 807.